The summed E-state index contributed by atoms with van der Waals surface area (Å²) in [5.41, 5.74) is 0.608. The first-order valence-corrected chi connectivity index (χ1v) is 9.65. The van der Waals surface area contributed by atoms with Crippen LogP contribution in [0.5, 0.6) is 0 Å². The molecule has 0 bridgehead atoms. The van der Waals surface area contributed by atoms with Crippen molar-refractivity contribution >= 4 is 34.9 Å². The van der Waals surface area contributed by atoms with Crippen LogP contribution >= 0.6 is 7.92 Å². The molecule has 0 unspecified atom stereocenters. The molecule has 0 aliphatic heterocycles. The lowest BCUT2D eigenvalue weighted by Crippen LogP contribution is -2.28. The highest BCUT2D eigenvalue weighted by Crippen LogP contribution is 2.36. The van der Waals surface area contributed by atoms with Gasteiger partial charge in [0.15, 0.2) is 34.9 Å². The monoisotopic (exact) mass is 421 g/mol. The Morgan fingerprint density at radius 1 is 0.552 bits per heavy atom. The summed E-state index contributed by atoms with van der Waals surface area (Å²) in [7, 11) is -2.29. The van der Waals surface area contributed by atoms with Crippen LogP contribution in [0.1, 0.15) is 0 Å². The molecule has 0 atom stereocenters. The number of nitrogens with zero attached hydrogens (tertiary/aromatic N) is 1. The van der Waals surface area contributed by atoms with Crippen molar-refractivity contribution in [3.05, 3.63) is 95.6 Å². The van der Waals surface area contributed by atoms with Gasteiger partial charge in [-0.05, 0) is 36.4 Å². The third-order valence-electron chi connectivity index (χ3n) is 4.32. The van der Waals surface area contributed by atoms with Gasteiger partial charge in [-0.15, -0.1) is 0 Å². The molecule has 1 heterocycles. The lowest BCUT2D eigenvalue weighted by atomic mass is 10.2. The maximum absolute atomic E-state index is 14.6. The maximum Gasteiger partial charge on any atom is 0.195 e. The SMILES string of the molecule is Fc1ccc(P(c2ccc3ccccc3n2)c2ccc(F)c(F)c2F)c(F)c1F. The summed E-state index contributed by atoms with van der Waals surface area (Å²) in [6.07, 6.45) is 0. The summed E-state index contributed by atoms with van der Waals surface area (Å²) in [6.45, 7) is 0. The minimum atomic E-state index is -2.29. The molecule has 4 rings (SSSR count). The molecule has 0 aliphatic carbocycles. The third kappa shape index (κ3) is 3.36. The molecule has 0 N–H and O–H groups in total. The summed E-state index contributed by atoms with van der Waals surface area (Å²) < 4.78 is 83.8. The molecule has 146 valence electrons. The van der Waals surface area contributed by atoms with Crippen LogP contribution in [0.2, 0.25) is 0 Å². The van der Waals surface area contributed by atoms with Gasteiger partial charge in [0.2, 0.25) is 0 Å². The number of hydrogen-bond acceptors (Lipinski definition) is 1. The van der Waals surface area contributed by atoms with Crippen LogP contribution in [-0.2, 0) is 0 Å². The van der Waals surface area contributed by atoms with Gasteiger partial charge >= 0.3 is 0 Å². The van der Waals surface area contributed by atoms with E-state index < -0.39 is 53.4 Å². The van der Waals surface area contributed by atoms with E-state index in [1.165, 1.54) is 6.07 Å². The second kappa shape index (κ2) is 7.48. The second-order valence-corrected chi connectivity index (χ2v) is 8.18. The highest BCUT2D eigenvalue weighted by atomic mass is 31.1. The number of rotatable bonds is 3. The quantitative estimate of drug-likeness (QED) is 0.263. The Labute approximate surface area is 162 Å². The van der Waals surface area contributed by atoms with Gasteiger partial charge in [-0.3, -0.25) is 0 Å². The Kier molecular flexibility index (Phi) is 5.01. The molecule has 0 spiro atoms. The summed E-state index contributed by atoms with van der Waals surface area (Å²) in [6, 6.07) is 13.3. The fraction of sp³-hybridized carbons (Fsp3) is 0. The minimum absolute atomic E-state index is 0.119. The zero-order valence-electron chi connectivity index (χ0n) is 14.4. The molecule has 8 heteroatoms. The van der Waals surface area contributed by atoms with E-state index in [-0.39, 0.29) is 5.44 Å². The smallest absolute Gasteiger partial charge is 0.195 e. The number of pyridine rings is 1. The average molecular weight is 421 g/mol. The molecular weight excluding hydrogens is 411 g/mol. The van der Waals surface area contributed by atoms with Gasteiger partial charge < -0.3 is 0 Å². The summed E-state index contributed by atoms with van der Waals surface area (Å²) in [5.74, 6) is -9.38. The number of para-hydroxylation sites is 1. The molecule has 0 saturated heterocycles. The summed E-state index contributed by atoms with van der Waals surface area (Å²) in [5, 5.41) is -0.0547. The van der Waals surface area contributed by atoms with Crippen LogP contribution in [-0.4, -0.2) is 4.98 Å². The Balaban J connectivity index is 2.02. The van der Waals surface area contributed by atoms with Crippen molar-refractivity contribution in [2.45, 2.75) is 0 Å². The molecule has 4 aromatic rings. The van der Waals surface area contributed by atoms with E-state index in [4.69, 9.17) is 0 Å². The predicted octanol–water partition coefficient (Wildman–Crippen LogP) is 4.83. The largest absolute Gasteiger partial charge is 0.247 e. The van der Waals surface area contributed by atoms with Crippen molar-refractivity contribution < 1.29 is 26.3 Å². The van der Waals surface area contributed by atoms with Gasteiger partial charge in [0.1, 0.15) is 0 Å². The molecule has 0 amide bonds. The fourth-order valence-electron chi connectivity index (χ4n) is 2.93. The first-order valence-electron chi connectivity index (χ1n) is 8.31. The van der Waals surface area contributed by atoms with Crippen LogP contribution < -0.4 is 16.0 Å². The van der Waals surface area contributed by atoms with Crippen molar-refractivity contribution in [3.63, 3.8) is 0 Å². The first-order chi connectivity index (χ1) is 13.9. The van der Waals surface area contributed by atoms with Crippen molar-refractivity contribution in [1.29, 1.82) is 0 Å². The van der Waals surface area contributed by atoms with Gasteiger partial charge in [0.05, 0.1) is 11.0 Å². The van der Waals surface area contributed by atoms with Crippen LogP contribution in [0.15, 0.2) is 60.7 Å². The second-order valence-electron chi connectivity index (χ2n) is 6.09. The van der Waals surface area contributed by atoms with Crippen LogP contribution in [0, 0.1) is 34.9 Å². The van der Waals surface area contributed by atoms with Crippen molar-refractivity contribution in [3.8, 4) is 0 Å². The standard InChI is InChI=1S/C21H10F6NP/c22-12-6-8-15(20(26)18(12)24)29(16-9-7-13(23)19(25)21(16)27)17-10-5-11-3-1-2-4-14(11)28-17/h1-10H. The number of halogens is 6. The first kappa shape index (κ1) is 19.4. The minimum Gasteiger partial charge on any atom is -0.247 e. The zero-order valence-corrected chi connectivity index (χ0v) is 15.3. The molecule has 0 saturated carbocycles. The number of benzene rings is 3. The van der Waals surface area contributed by atoms with E-state index in [0.717, 1.165) is 17.5 Å². The maximum atomic E-state index is 14.6. The van der Waals surface area contributed by atoms with Crippen LogP contribution in [0.25, 0.3) is 10.9 Å². The molecule has 0 fully saturated rings. The molecule has 0 aliphatic rings. The molecular formula is C21H10F6NP. The van der Waals surface area contributed by atoms with Gasteiger partial charge in [0, 0.05) is 23.9 Å². The zero-order chi connectivity index (χ0) is 20.7. The van der Waals surface area contributed by atoms with E-state index >= 15 is 0 Å². The molecule has 29 heavy (non-hydrogen) atoms. The number of aromatic nitrogens is 1. The number of fused-ring (bicyclic) bond motifs is 1. The highest BCUT2D eigenvalue weighted by molar-refractivity contribution is 7.79. The Morgan fingerprint density at radius 3 is 1.69 bits per heavy atom. The van der Waals surface area contributed by atoms with Gasteiger partial charge in [0.25, 0.3) is 0 Å². The molecule has 1 nitrogen and oxygen atoms in total. The Morgan fingerprint density at radius 2 is 1.10 bits per heavy atom. The lowest BCUT2D eigenvalue weighted by molar-refractivity contribution is 0.450. The van der Waals surface area contributed by atoms with Gasteiger partial charge in [-0.25, -0.2) is 31.3 Å². The van der Waals surface area contributed by atoms with Gasteiger partial charge in [-0.2, -0.15) is 0 Å². The lowest BCUT2D eigenvalue weighted by Gasteiger charge is -2.20. The fourth-order valence-corrected chi connectivity index (χ4v) is 5.15. The summed E-state index contributed by atoms with van der Waals surface area (Å²) in [4.78, 5) is 4.38. The molecule has 1 aromatic heterocycles. The summed E-state index contributed by atoms with van der Waals surface area (Å²) >= 11 is 0. The van der Waals surface area contributed by atoms with E-state index in [9.17, 15) is 26.3 Å². The molecule has 3 aromatic carbocycles. The highest BCUT2D eigenvalue weighted by Gasteiger charge is 2.29. The topological polar surface area (TPSA) is 12.9 Å². The average Bonchev–Trinajstić information content (AvgIpc) is 2.73. The van der Waals surface area contributed by atoms with Crippen molar-refractivity contribution in [1.82, 2.24) is 4.98 Å². The van der Waals surface area contributed by atoms with Gasteiger partial charge in [-0.1, -0.05) is 24.3 Å². The predicted molar refractivity (Wildman–Crippen MR) is 100 cm³/mol. The third-order valence-corrected chi connectivity index (χ3v) is 6.69. The van der Waals surface area contributed by atoms with E-state index in [1.54, 1.807) is 30.3 Å². The van der Waals surface area contributed by atoms with Crippen LogP contribution in [0.3, 0.4) is 0 Å². The van der Waals surface area contributed by atoms with E-state index in [0.29, 0.717) is 17.6 Å². The Bertz CT molecular complexity index is 1190. The Hall–Kier alpha value is -2.92. The van der Waals surface area contributed by atoms with E-state index in [2.05, 4.69) is 4.98 Å². The molecule has 0 radical (unpaired) electrons. The normalized spacial score (nSPS) is 11.4. The van der Waals surface area contributed by atoms with Crippen molar-refractivity contribution in [2.75, 3.05) is 0 Å². The number of hydrogen-bond donors (Lipinski definition) is 0. The van der Waals surface area contributed by atoms with E-state index in [1.807, 2.05) is 0 Å². The van der Waals surface area contributed by atoms with Crippen LogP contribution in [0.4, 0.5) is 26.3 Å². The van der Waals surface area contributed by atoms with Crippen molar-refractivity contribution in [2.24, 2.45) is 0 Å².